The lowest BCUT2D eigenvalue weighted by Crippen LogP contribution is -2.44. The minimum absolute atomic E-state index is 0.159. The van der Waals surface area contributed by atoms with Crippen LogP contribution < -0.4 is 10.6 Å². The highest BCUT2D eigenvalue weighted by atomic mass is 16.6. The molecule has 2 rings (SSSR count). The number of nitrogens with one attached hydrogen (secondary N) is 2. The Morgan fingerprint density at radius 3 is 2.21 bits per heavy atom. The van der Waals surface area contributed by atoms with E-state index in [4.69, 9.17) is 4.74 Å². The summed E-state index contributed by atoms with van der Waals surface area (Å²) in [5.41, 5.74) is -0.383. The van der Waals surface area contributed by atoms with Crippen LogP contribution in [0.4, 0.5) is 4.79 Å². The van der Waals surface area contributed by atoms with Gasteiger partial charge in [-0.25, -0.2) is 4.79 Å². The molecule has 29 heavy (non-hydrogen) atoms. The second-order valence-corrected chi connectivity index (χ2v) is 8.13. The number of ether oxygens (including phenoxy) is 1. The number of phenols is 2. The van der Waals surface area contributed by atoms with Gasteiger partial charge in [0.2, 0.25) is 5.91 Å². The SMILES string of the molecule is CC(C)(C)OC(=O)NCC(=O)NCC1CCN(C(=O)c2cc(O)cc(O)c2)CC1. The number of amides is 3. The number of alkyl carbamates (subject to hydrolysis) is 1. The molecule has 0 radical (unpaired) electrons. The number of nitrogens with zero attached hydrogens (tertiary/aromatic N) is 1. The molecule has 3 amide bonds. The predicted molar refractivity (Wildman–Crippen MR) is 106 cm³/mol. The van der Waals surface area contributed by atoms with Gasteiger partial charge in [-0.2, -0.15) is 0 Å². The summed E-state index contributed by atoms with van der Waals surface area (Å²) in [6.07, 6.45) is 0.796. The summed E-state index contributed by atoms with van der Waals surface area (Å²) in [5.74, 6) is -0.649. The fourth-order valence-electron chi connectivity index (χ4n) is 3.03. The van der Waals surface area contributed by atoms with E-state index >= 15 is 0 Å². The van der Waals surface area contributed by atoms with Gasteiger partial charge in [-0.15, -0.1) is 0 Å². The molecule has 0 aromatic heterocycles. The molecular formula is C20H29N3O6. The van der Waals surface area contributed by atoms with Crippen LogP contribution in [0, 0.1) is 5.92 Å². The van der Waals surface area contributed by atoms with Crippen molar-refractivity contribution in [2.75, 3.05) is 26.2 Å². The molecular weight excluding hydrogens is 378 g/mol. The highest BCUT2D eigenvalue weighted by molar-refractivity contribution is 5.95. The molecule has 1 heterocycles. The highest BCUT2D eigenvalue weighted by Gasteiger charge is 2.24. The fraction of sp³-hybridized carbons (Fsp3) is 0.550. The van der Waals surface area contributed by atoms with Gasteiger partial charge < -0.3 is 30.5 Å². The number of rotatable bonds is 5. The first-order valence-electron chi connectivity index (χ1n) is 9.59. The van der Waals surface area contributed by atoms with Crippen molar-refractivity contribution in [1.29, 1.82) is 0 Å². The molecule has 1 fully saturated rings. The second-order valence-electron chi connectivity index (χ2n) is 8.13. The number of aromatic hydroxyl groups is 2. The van der Waals surface area contributed by atoms with E-state index in [1.54, 1.807) is 25.7 Å². The lowest BCUT2D eigenvalue weighted by atomic mass is 9.96. The zero-order chi connectivity index (χ0) is 21.6. The van der Waals surface area contributed by atoms with E-state index < -0.39 is 11.7 Å². The van der Waals surface area contributed by atoms with Crippen molar-refractivity contribution in [3.63, 3.8) is 0 Å². The van der Waals surface area contributed by atoms with Crippen LogP contribution >= 0.6 is 0 Å². The van der Waals surface area contributed by atoms with E-state index in [1.807, 2.05) is 0 Å². The number of benzene rings is 1. The van der Waals surface area contributed by atoms with Crippen molar-refractivity contribution in [2.45, 2.75) is 39.2 Å². The Kier molecular flexibility index (Phi) is 7.30. The van der Waals surface area contributed by atoms with Crippen molar-refractivity contribution in [1.82, 2.24) is 15.5 Å². The molecule has 160 valence electrons. The molecule has 9 heteroatoms. The van der Waals surface area contributed by atoms with Gasteiger partial charge in [0.15, 0.2) is 0 Å². The lowest BCUT2D eigenvalue weighted by molar-refractivity contribution is -0.120. The van der Waals surface area contributed by atoms with Crippen LogP contribution in [-0.2, 0) is 9.53 Å². The van der Waals surface area contributed by atoms with Crippen molar-refractivity contribution < 1.29 is 29.3 Å². The van der Waals surface area contributed by atoms with Crippen LogP contribution in [-0.4, -0.2) is 64.8 Å². The largest absolute Gasteiger partial charge is 0.508 e. The average molecular weight is 407 g/mol. The summed E-state index contributed by atoms with van der Waals surface area (Å²) < 4.78 is 5.07. The molecule has 4 N–H and O–H groups in total. The van der Waals surface area contributed by atoms with Crippen molar-refractivity contribution >= 4 is 17.9 Å². The maximum Gasteiger partial charge on any atom is 0.408 e. The van der Waals surface area contributed by atoms with Gasteiger partial charge >= 0.3 is 6.09 Å². The number of hydrogen-bond donors (Lipinski definition) is 4. The standard InChI is InChI=1S/C20H29N3O6/c1-20(2,3)29-19(28)22-12-17(26)21-11-13-4-6-23(7-5-13)18(27)14-8-15(24)10-16(25)9-14/h8-10,13,24-25H,4-7,11-12H2,1-3H3,(H,21,26)(H,22,28). The zero-order valence-electron chi connectivity index (χ0n) is 17.0. The van der Waals surface area contributed by atoms with E-state index in [0.29, 0.717) is 19.6 Å². The smallest absolute Gasteiger partial charge is 0.408 e. The first kappa shape index (κ1) is 22.3. The maximum atomic E-state index is 12.5. The predicted octanol–water partition coefficient (Wildman–Crippen LogP) is 1.59. The van der Waals surface area contributed by atoms with Gasteiger partial charge in [0.05, 0.1) is 6.54 Å². The maximum absolute atomic E-state index is 12.5. The van der Waals surface area contributed by atoms with Crippen molar-refractivity contribution in [3.8, 4) is 11.5 Å². The van der Waals surface area contributed by atoms with E-state index in [0.717, 1.165) is 12.8 Å². The number of carbonyl (C=O) groups is 3. The highest BCUT2D eigenvalue weighted by Crippen LogP contribution is 2.24. The van der Waals surface area contributed by atoms with E-state index in [2.05, 4.69) is 10.6 Å². The molecule has 0 aliphatic carbocycles. The third-order valence-corrected chi connectivity index (χ3v) is 4.43. The second kappa shape index (κ2) is 9.49. The van der Waals surface area contributed by atoms with Gasteiger partial charge in [-0.05, 0) is 51.7 Å². The van der Waals surface area contributed by atoms with Crippen LogP contribution in [0.1, 0.15) is 44.0 Å². The molecule has 9 nitrogen and oxygen atoms in total. The molecule has 0 unspecified atom stereocenters. The van der Waals surface area contributed by atoms with Gasteiger partial charge in [0, 0.05) is 31.3 Å². The van der Waals surface area contributed by atoms with Crippen LogP contribution in [0.2, 0.25) is 0 Å². The summed E-state index contributed by atoms with van der Waals surface area (Å²) in [6.45, 7) is 6.57. The average Bonchev–Trinajstić information content (AvgIpc) is 2.62. The van der Waals surface area contributed by atoms with E-state index in [9.17, 15) is 24.6 Å². The van der Waals surface area contributed by atoms with Crippen molar-refractivity contribution in [2.24, 2.45) is 5.92 Å². The Bertz CT molecular complexity index is 731. The number of likely N-dealkylation sites (tertiary alicyclic amines) is 1. The lowest BCUT2D eigenvalue weighted by Gasteiger charge is -2.32. The van der Waals surface area contributed by atoms with E-state index in [1.165, 1.54) is 18.2 Å². The molecule has 1 aliphatic rings. The quantitative estimate of drug-likeness (QED) is 0.587. The zero-order valence-corrected chi connectivity index (χ0v) is 17.0. The molecule has 1 aliphatic heterocycles. The number of hydrogen-bond acceptors (Lipinski definition) is 6. The molecule has 1 aromatic rings. The number of carbonyl (C=O) groups excluding carboxylic acids is 3. The topological polar surface area (TPSA) is 128 Å². The van der Waals surface area contributed by atoms with Crippen molar-refractivity contribution in [3.05, 3.63) is 23.8 Å². The minimum atomic E-state index is -0.641. The first-order valence-corrected chi connectivity index (χ1v) is 9.59. The number of phenolic OH excluding ortho intramolecular Hbond substituents is 2. The van der Waals surface area contributed by atoms with Crippen LogP contribution in [0.3, 0.4) is 0 Å². The van der Waals surface area contributed by atoms with Gasteiger partial charge in [0.25, 0.3) is 5.91 Å². The molecule has 0 atom stereocenters. The van der Waals surface area contributed by atoms with Gasteiger partial charge in [-0.1, -0.05) is 0 Å². The Balaban J connectivity index is 1.71. The summed E-state index contributed by atoms with van der Waals surface area (Å²) in [6, 6.07) is 3.82. The monoisotopic (exact) mass is 407 g/mol. The molecule has 1 saturated heterocycles. The van der Waals surface area contributed by atoms with Crippen LogP contribution in [0.25, 0.3) is 0 Å². The number of piperidine rings is 1. The van der Waals surface area contributed by atoms with Gasteiger partial charge in [-0.3, -0.25) is 9.59 Å². The molecule has 0 spiro atoms. The molecule has 0 saturated carbocycles. The normalized spacial score (nSPS) is 14.9. The van der Waals surface area contributed by atoms with Gasteiger partial charge in [0.1, 0.15) is 17.1 Å². The molecule has 0 bridgehead atoms. The fourth-order valence-corrected chi connectivity index (χ4v) is 3.03. The van der Waals surface area contributed by atoms with Crippen LogP contribution in [0.5, 0.6) is 11.5 Å². The summed E-state index contributed by atoms with van der Waals surface area (Å²) in [5, 5.41) is 24.3. The summed E-state index contributed by atoms with van der Waals surface area (Å²) >= 11 is 0. The first-order chi connectivity index (χ1) is 13.5. The third kappa shape index (κ3) is 7.52. The Labute approximate surface area is 170 Å². The summed E-state index contributed by atoms with van der Waals surface area (Å²) in [7, 11) is 0. The minimum Gasteiger partial charge on any atom is -0.508 e. The van der Waals surface area contributed by atoms with Crippen LogP contribution in [0.15, 0.2) is 18.2 Å². The summed E-state index contributed by atoms with van der Waals surface area (Å²) in [4.78, 5) is 37.6. The molecule has 1 aromatic carbocycles. The van der Waals surface area contributed by atoms with E-state index in [-0.39, 0.29) is 41.3 Å². The Morgan fingerprint density at radius 2 is 1.66 bits per heavy atom. The third-order valence-electron chi connectivity index (χ3n) is 4.43. The Hall–Kier alpha value is -2.97. The Morgan fingerprint density at radius 1 is 1.07 bits per heavy atom.